The van der Waals surface area contributed by atoms with Gasteiger partial charge in [0.05, 0.1) is 5.71 Å². The minimum Gasteiger partial charge on any atom is -0.411 e. The predicted molar refractivity (Wildman–Crippen MR) is 65.5 cm³/mol. The maximum atomic E-state index is 11.9. The average molecular weight is 233 g/mol. The number of oxime groups is 1. The van der Waals surface area contributed by atoms with E-state index in [4.69, 9.17) is 5.21 Å². The van der Waals surface area contributed by atoms with Gasteiger partial charge in [0.15, 0.2) is 0 Å². The molecule has 1 fully saturated rings. The first-order valence-electron chi connectivity index (χ1n) is 5.60. The molecule has 1 aliphatic rings. The molecule has 1 aromatic rings. The number of hydrogen-bond acceptors (Lipinski definition) is 3. The quantitative estimate of drug-likeness (QED) is 0.576. The van der Waals surface area contributed by atoms with Crippen LogP contribution in [0, 0.1) is 0 Å². The Labute approximate surface area is 99.7 Å². The van der Waals surface area contributed by atoms with Crippen LogP contribution in [0.5, 0.6) is 0 Å². The number of benzene rings is 1. The van der Waals surface area contributed by atoms with Crippen molar-refractivity contribution in [2.45, 2.75) is 12.8 Å². The molecule has 90 valence electrons. The summed E-state index contributed by atoms with van der Waals surface area (Å²) in [7, 11) is 0. The lowest BCUT2D eigenvalue weighted by molar-refractivity contribution is 0.210. The van der Waals surface area contributed by atoms with E-state index in [1.807, 2.05) is 30.3 Å². The minimum atomic E-state index is -0.104. The molecule has 0 aromatic heterocycles. The number of piperidine rings is 1. The van der Waals surface area contributed by atoms with E-state index in [9.17, 15) is 4.79 Å². The van der Waals surface area contributed by atoms with E-state index in [2.05, 4.69) is 10.5 Å². The second kappa shape index (κ2) is 5.34. The summed E-state index contributed by atoms with van der Waals surface area (Å²) in [5, 5.41) is 14.6. The number of hydrogen-bond donors (Lipinski definition) is 2. The van der Waals surface area contributed by atoms with Crippen LogP contribution >= 0.6 is 0 Å². The van der Waals surface area contributed by atoms with Gasteiger partial charge in [-0.3, -0.25) is 0 Å². The van der Waals surface area contributed by atoms with Crippen molar-refractivity contribution in [2.24, 2.45) is 5.16 Å². The maximum Gasteiger partial charge on any atom is 0.321 e. The van der Waals surface area contributed by atoms with Crippen LogP contribution in [0.3, 0.4) is 0 Å². The fourth-order valence-corrected chi connectivity index (χ4v) is 1.79. The third-order valence-electron chi connectivity index (χ3n) is 2.79. The molecule has 0 unspecified atom stereocenters. The molecular formula is C12H15N3O2. The summed E-state index contributed by atoms with van der Waals surface area (Å²) in [5.74, 6) is 0. The highest BCUT2D eigenvalue weighted by atomic mass is 16.4. The van der Waals surface area contributed by atoms with Gasteiger partial charge >= 0.3 is 6.03 Å². The molecule has 5 nitrogen and oxygen atoms in total. The second-order valence-corrected chi connectivity index (χ2v) is 3.95. The van der Waals surface area contributed by atoms with E-state index in [0.717, 1.165) is 11.4 Å². The number of rotatable bonds is 1. The van der Waals surface area contributed by atoms with Gasteiger partial charge in [-0.05, 0) is 12.1 Å². The largest absolute Gasteiger partial charge is 0.411 e. The Morgan fingerprint density at radius 1 is 1.24 bits per heavy atom. The van der Waals surface area contributed by atoms with Gasteiger partial charge in [-0.2, -0.15) is 0 Å². The van der Waals surface area contributed by atoms with E-state index < -0.39 is 0 Å². The lowest BCUT2D eigenvalue weighted by Gasteiger charge is -2.27. The van der Waals surface area contributed by atoms with Gasteiger partial charge in [0.25, 0.3) is 0 Å². The maximum absolute atomic E-state index is 11.9. The summed E-state index contributed by atoms with van der Waals surface area (Å²) < 4.78 is 0. The first-order valence-corrected chi connectivity index (χ1v) is 5.60. The van der Waals surface area contributed by atoms with Crippen LogP contribution in [-0.4, -0.2) is 34.9 Å². The highest BCUT2D eigenvalue weighted by molar-refractivity contribution is 5.92. The molecule has 2 rings (SSSR count). The third-order valence-corrected chi connectivity index (χ3v) is 2.79. The molecular weight excluding hydrogens is 218 g/mol. The molecule has 1 aromatic carbocycles. The molecule has 5 heteroatoms. The number of nitrogens with zero attached hydrogens (tertiary/aromatic N) is 2. The third kappa shape index (κ3) is 2.96. The van der Waals surface area contributed by atoms with Gasteiger partial charge in [-0.1, -0.05) is 23.4 Å². The van der Waals surface area contributed by atoms with E-state index in [0.29, 0.717) is 25.9 Å². The molecule has 0 atom stereocenters. The fourth-order valence-electron chi connectivity index (χ4n) is 1.79. The standard InChI is InChI=1S/C12H15N3O2/c16-12(13-10-4-2-1-3-5-10)15-8-6-11(14-17)7-9-15/h1-5,17H,6-9H2,(H,13,16). The SMILES string of the molecule is O=C(Nc1ccccc1)N1CCC(=NO)CC1. The van der Waals surface area contributed by atoms with Crippen LogP contribution in [0.15, 0.2) is 35.5 Å². The molecule has 2 N–H and O–H groups in total. The van der Waals surface area contributed by atoms with Crippen molar-refractivity contribution in [3.8, 4) is 0 Å². The summed E-state index contributed by atoms with van der Waals surface area (Å²) in [6, 6.07) is 9.25. The van der Waals surface area contributed by atoms with Crippen LogP contribution in [-0.2, 0) is 0 Å². The van der Waals surface area contributed by atoms with E-state index >= 15 is 0 Å². The highest BCUT2D eigenvalue weighted by Gasteiger charge is 2.19. The number of carbonyl (C=O) groups is 1. The van der Waals surface area contributed by atoms with Crippen molar-refractivity contribution in [1.29, 1.82) is 0 Å². The molecule has 1 heterocycles. The van der Waals surface area contributed by atoms with Crippen molar-refractivity contribution in [2.75, 3.05) is 18.4 Å². The molecule has 0 aliphatic carbocycles. The van der Waals surface area contributed by atoms with Crippen molar-refractivity contribution >= 4 is 17.4 Å². The molecule has 0 saturated carbocycles. The van der Waals surface area contributed by atoms with E-state index in [1.54, 1.807) is 4.90 Å². The van der Waals surface area contributed by atoms with Crippen LogP contribution in [0.2, 0.25) is 0 Å². The summed E-state index contributed by atoms with van der Waals surface area (Å²) in [5.41, 5.74) is 1.55. The topological polar surface area (TPSA) is 64.9 Å². The number of nitrogens with one attached hydrogen (secondary N) is 1. The summed E-state index contributed by atoms with van der Waals surface area (Å²) in [6.07, 6.45) is 1.28. The van der Waals surface area contributed by atoms with Crippen molar-refractivity contribution < 1.29 is 10.0 Å². The zero-order chi connectivity index (χ0) is 12.1. The first kappa shape index (κ1) is 11.4. The first-order chi connectivity index (χ1) is 8.29. The Bertz CT molecular complexity index is 407. The zero-order valence-corrected chi connectivity index (χ0v) is 9.47. The normalized spacial score (nSPS) is 15.5. The average Bonchev–Trinajstić information content (AvgIpc) is 2.40. The zero-order valence-electron chi connectivity index (χ0n) is 9.47. The van der Waals surface area contributed by atoms with Gasteiger partial charge in [0.1, 0.15) is 0 Å². The lowest BCUT2D eigenvalue weighted by Crippen LogP contribution is -2.41. The number of para-hydroxylation sites is 1. The number of likely N-dealkylation sites (tertiary alicyclic amines) is 1. The Kier molecular flexibility index (Phi) is 3.59. The molecule has 1 aliphatic heterocycles. The van der Waals surface area contributed by atoms with Crippen LogP contribution in [0.25, 0.3) is 0 Å². The van der Waals surface area contributed by atoms with Crippen molar-refractivity contribution in [1.82, 2.24) is 4.90 Å². The smallest absolute Gasteiger partial charge is 0.321 e. The Morgan fingerprint density at radius 3 is 2.47 bits per heavy atom. The van der Waals surface area contributed by atoms with E-state index in [1.165, 1.54) is 0 Å². The molecule has 0 bridgehead atoms. The molecule has 17 heavy (non-hydrogen) atoms. The Morgan fingerprint density at radius 2 is 1.88 bits per heavy atom. The summed E-state index contributed by atoms with van der Waals surface area (Å²) in [6.45, 7) is 1.19. The summed E-state index contributed by atoms with van der Waals surface area (Å²) in [4.78, 5) is 13.6. The minimum absolute atomic E-state index is 0.104. The molecule has 2 amide bonds. The molecule has 0 spiro atoms. The number of carbonyl (C=O) groups excluding carboxylic acids is 1. The van der Waals surface area contributed by atoms with E-state index in [-0.39, 0.29) is 6.03 Å². The van der Waals surface area contributed by atoms with Crippen LogP contribution < -0.4 is 5.32 Å². The molecule has 1 saturated heterocycles. The van der Waals surface area contributed by atoms with Gasteiger partial charge in [0.2, 0.25) is 0 Å². The predicted octanol–water partition coefficient (Wildman–Crippen LogP) is 2.14. The van der Waals surface area contributed by atoms with Crippen LogP contribution in [0.1, 0.15) is 12.8 Å². The van der Waals surface area contributed by atoms with Crippen molar-refractivity contribution in [3.05, 3.63) is 30.3 Å². The highest BCUT2D eigenvalue weighted by Crippen LogP contribution is 2.11. The van der Waals surface area contributed by atoms with Gasteiger partial charge in [-0.15, -0.1) is 0 Å². The Balaban J connectivity index is 1.89. The monoisotopic (exact) mass is 233 g/mol. The molecule has 0 radical (unpaired) electrons. The lowest BCUT2D eigenvalue weighted by atomic mass is 10.1. The van der Waals surface area contributed by atoms with Crippen LogP contribution in [0.4, 0.5) is 10.5 Å². The Hall–Kier alpha value is -2.04. The number of anilines is 1. The van der Waals surface area contributed by atoms with Gasteiger partial charge < -0.3 is 15.4 Å². The number of urea groups is 1. The fraction of sp³-hybridized carbons (Fsp3) is 0.333. The summed E-state index contributed by atoms with van der Waals surface area (Å²) >= 11 is 0. The van der Waals surface area contributed by atoms with Crippen molar-refractivity contribution in [3.63, 3.8) is 0 Å². The number of amides is 2. The van der Waals surface area contributed by atoms with Gasteiger partial charge in [0, 0.05) is 31.6 Å². The van der Waals surface area contributed by atoms with Gasteiger partial charge in [-0.25, -0.2) is 4.79 Å². The second-order valence-electron chi connectivity index (χ2n) is 3.95.